The first kappa shape index (κ1) is 48.3. The molecule has 5 aromatic rings. The summed E-state index contributed by atoms with van der Waals surface area (Å²) in [5.74, 6) is -0.727. The van der Waals surface area contributed by atoms with Crippen LogP contribution in [0.5, 0.6) is 17.2 Å². The molecule has 16 nitrogen and oxygen atoms in total. The highest BCUT2D eigenvalue weighted by atomic mass is 32.2. The Hall–Kier alpha value is -6.16. The lowest BCUT2D eigenvalue weighted by atomic mass is 9.90. The van der Waals surface area contributed by atoms with Gasteiger partial charge in [-0.05, 0) is 116 Å². The number of alkyl halides is 2. The average Bonchev–Trinajstić information content (AvgIpc) is 4.10. The van der Waals surface area contributed by atoms with Crippen LogP contribution >= 0.6 is 0 Å². The van der Waals surface area contributed by atoms with E-state index in [1.165, 1.54) is 17.7 Å². The lowest BCUT2D eigenvalue weighted by molar-refractivity contribution is -0.286. The van der Waals surface area contributed by atoms with Gasteiger partial charge in [-0.25, -0.2) is 22.4 Å². The van der Waals surface area contributed by atoms with E-state index in [1.54, 1.807) is 72.8 Å². The van der Waals surface area contributed by atoms with E-state index in [0.29, 0.717) is 104 Å². The van der Waals surface area contributed by atoms with Crippen molar-refractivity contribution in [2.75, 3.05) is 64.5 Å². The number of carbonyl (C=O) groups is 3. The first-order valence-corrected chi connectivity index (χ1v) is 24.2. The van der Waals surface area contributed by atoms with Crippen LogP contribution in [-0.2, 0) is 46.4 Å². The zero-order valence-corrected chi connectivity index (χ0v) is 38.3. The number of halogens is 2. The van der Waals surface area contributed by atoms with Gasteiger partial charge in [-0.15, -0.1) is 8.78 Å². The zero-order chi connectivity index (χ0) is 47.7. The van der Waals surface area contributed by atoms with Gasteiger partial charge in [-0.3, -0.25) is 14.4 Å². The fourth-order valence-electron chi connectivity index (χ4n) is 7.82. The summed E-state index contributed by atoms with van der Waals surface area (Å²) in [6.45, 7) is 2.99. The number of aliphatic carboxylic acids is 1. The second-order valence-corrected chi connectivity index (χ2v) is 18.9. The largest absolute Gasteiger partial charge is 0.586 e. The molecule has 2 atom stereocenters. The fraction of sp³-hybridized carbons (Fsp3) is 0.333. The normalized spacial score (nSPS) is 16.9. The van der Waals surface area contributed by atoms with E-state index >= 15 is 0 Å². The SMILES string of the molecule is O=C(O)CNC(=O)c1ccc(S(=O)N2CCC(c3ccc(OCCOCCOCCNS(=O)c4ccc(-c5cccc(NC(=O)C6(c7ccc8c(c7)OC(F)(F)O8)CC6)n5)cc4)cc3)CC2)cc1. The zero-order valence-electron chi connectivity index (χ0n) is 36.7. The number of carbonyl (C=O) groups excluding carboxylic acids is 2. The van der Waals surface area contributed by atoms with Gasteiger partial charge in [0, 0.05) is 30.8 Å². The first-order valence-electron chi connectivity index (χ1n) is 22.0. The number of nitrogens with zero attached hydrogens (tertiary/aromatic N) is 2. The summed E-state index contributed by atoms with van der Waals surface area (Å²) in [6, 6.07) is 31.1. The lowest BCUT2D eigenvalue weighted by Crippen LogP contribution is -2.34. The van der Waals surface area contributed by atoms with Crippen LogP contribution in [0.1, 0.15) is 53.1 Å². The van der Waals surface area contributed by atoms with Gasteiger partial charge in [0.2, 0.25) is 5.91 Å². The summed E-state index contributed by atoms with van der Waals surface area (Å²) >= 11 is 0. The number of amides is 2. The van der Waals surface area contributed by atoms with Crippen LogP contribution in [0.4, 0.5) is 14.6 Å². The molecule has 0 bridgehead atoms. The van der Waals surface area contributed by atoms with Crippen molar-refractivity contribution in [2.45, 2.75) is 53.1 Å². The predicted molar refractivity (Wildman–Crippen MR) is 246 cm³/mol. The molecular weight excluding hydrogens is 925 g/mol. The van der Waals surface area contributed by atoms with Crippen molar-refractivity contribution in [1.82, 2.24) is 19.3 Å². The molecule has 0 spiro atoms. The molecule has 4 N–H and O–H groups in total. The van der Waals surface area contributed by atoms with Crippen molar-refractivity contribution < 1.29 is 60.4 Å². The third-order valence-corrected chi connectivity index (χ3v) is 14.3. The van der Waals surface area contributed by atoms with Gasteiger partial charge in [0.1, 0.15) is 46.7 Å². The van der Waals surface area contributed by atoms with Gasteiger partial charge < -0.3 is 39.4 Å². The van der Waals surface area contributed by atoms with Crippen molar-refractivity contribution in [3.05, 3.63) is 126 Å². The number of rotatable bonds is 22. The summed E-state index contributed by atoms with van der Waals surface area (Å²) in [6.07, 6.45) is -0.971. The van der Waals surface area contributed by atoms with Crippen molar-refractivity contribution in [3.8, 4) is 28.5 Å². The number of pyridine rings is 1. The Morgan fingerprint density at radius 3 is 2.18 bits per heavy atom. The third-order valence-electron chi connectivity index (χ3n) is 11.6. The number of carboxylic acid groups (broad SMARTS) is 1. The topological polar surface area (TPSA) is 204 Å². The van der Waals surface area contributed by atoms with Crippen LogP contribution in [0, 0.1) is 0 Å². The monoisotopic (exact) mass is 973 g/mol. The smallest absolute Gasteiger partial charge is 0.491 e. The highest BCUT2D eigenvalue weighted by Crippen LogP contribution is 2.52. The summed E-state index contributed by atoms with van der Waals surface area (Å²) in [7, 11) is -2.85. The summed E-state index contributed by atoms with van der Waals surface area (Å²) in [5.41, 5.74) is 2.52. The number of piperidine rings is 1. The number of ether oxygens (including phenoxy) is 5. The van der Waals surface area contributed by atoms with Gasteiger partial charge >= 0.3 is 12.3 Å². The summed E-state index contributed by atoms with van der Waals surface area (Å²) < 4.78 is 84.2. The van der Waals surface area contributed by atoms with E-state index < -0.39 is 52.1 Å². The molecule has 2 aliphatic heterocycles. The van der Waals surface area contributed by atoms with Crippen LogP contribution in [0.15, 0.2) is 119 Å². The molecule has 1 aliphatic carbocycles. The van der Waals surface area contributed by atoms with Gasteiger partial charge in [0.05, 0.1) is 47.3 Å². The quantitative estimate of drug-likeness (QED) is 0.0575. The maximum atomic E-state index is 13.5. The van der Waals surface area contributed by atoms with E-state index in [2.05, 4.69) is 41.9 Å². The minimum atomic E-state index is -3.74. The third kappa shape index (κ3) is 12.3. The number of hydrogen-bond acceptors (Lipinski definition) is 11. The number of fused-ring (bicyclic) bond motifs is 1. The summed E-state index contributed by atoms with van der Waals surface area (Å²) in [5, 5.41) is 13.9. The molecule has 358 valence electrons. The predicted octanol–water partition coefficient (Wildman–Crippen LogP) is 6.18. The molecule has 1 saturated carbocycles. The van der Waals surface area contributed by atoms with Gasteiger partial charge in [-0.2, -0.15) is 0 Å². The van der Waals surface area contributed by atoms with Crippen LogP contribution in [0.2, 0.25) is 0 Å². The Bertz CT molecular complexity index is 2630. The van der Waals surface area contributed by atoms with E-state index in [4.69, 9.17) is 19.3 Å². The van der Waals surface area contributed by atoms with Crippen molar-refractivity contribution >= 4 is 45.6 Å². The molecule has 20 heteroatoms. The van der Waals surface area contributed by atoms with E-state index in [-0.39, 0.29) is 17.4 Å². The van der Waals surface area contributed by atoms with Crippen LogP contribution < -0.4 is 29.6 Å². The Balaban J connectivity index is 0.672. The lowest BCUT2D eigenvalue weighted by Gasteiger charge is -2.31. The maximum absolute atomic E-state index is 13.5. The number of aromatic nitrogens is 1. The molecule has 4 aromatic carbocycles. The average molecular weight is 974 g/mol. The van der Waals surface area contributed by atoms with Crippen LogP contribution in [-0.4, -0.2) is 106 Å². The molecule has 68 heavy (non-hydrogen) atoms. The van der Waals surface area contributed by atoms with Crippen molar-refractivity contribution in [2.24, 2.45) is 0 Å². The number of nitrogens with one attached hydrogen (secondary N) is 3. The number of anilines is 1. The van der Waals surface area contributed by atoms with Gasteiger partial charge in [0.15, 0.2) is 11.5 Å². The Morgan fingerprint density at radius 2 is 1.47 bits per heavy atom. The van der Waals surface area contributed by atoms with E-state index in [1.807, 2.05) is 16.4 Å². The Kier molecular flexibility index (Phi) is 15.5. The summed E-state index contributed by atoms with van der Waals surface area (Å²) in [4.78, 5) is 41.9. The van der Waals surface area contributed by atoms with Crippen molar-refractivity contribution in [1.29, 1.82) is 0 Å². The van der Waals surface area contributed by atoms with E-state index in [0.717, 1.165) is 24.2 Å². The number of benzene rings is 4. The molecule has 2 fully saturated rings. The highest BCUT2D eigenvalue weighted by molar-refractivity contribution is 7.83. The Morgan fingerprint density at radius 1 is 0.794 bits per heavy atom. The van der Waals surface area contributed by atoms with Crippen molar-refractivity contribution in [3.63, 3.8) is 0 Å². The molecule has 0 radical (unpaired) electrons. The number of hydrogen-bond donors (Lipinski definition) is 4. The molecule has 8 rings (SSSR count). The molecule has 1 aromatic heterocycles. The molecular formula is C48H49F2N5O11S2. The molecule has 2 amide bonds. The second kappa shape index (κ2) is 21.9. The fourth-order valence-corrected chi connectivity index (χ4v) is 9.85. The minimum Gasteiger partial charge on any atom is -0.491 e. The molecule has 2 unspecified atom stereocenters. The Labute approximate surface area is 395 Å². The molecule has 3 aliphatic rings. The first-order chi connectivity index (χ1) is 32.9. The molecule has 1 saturated heterocycles. The molecule has 3 heterocycles. The van der Waals surface area contributed by atoms with E-state index in [9.17, 15) is 31.6 Å². The van der Waals surface area contributed by atoms with Crippen LogP contribution in [0.25, 0.3) is 11.3 Å². The maximum Gasteiger partial charge on any atom is 0.586 e. The minimum absolute atomic E-state index is 0.0797. The number of carboxylic acids is 1. The van der Waals surface area contributed by atoms with Gasteiger partial charge in [0.25, 0.3) is 5.91 Å². The van der Waals surface area contributed by atoms with Crippen LogP contribution in [0.3, 0.4) is 0 Å². The second-order valence-electron chi connectivity index (χ2n) is 16.2. The van der Waals surface area contributed by atoms with Gasteiger partial charge in [-0.1, -0.05) is 36.4 Å². The standard InChI is InChI=1S/C48H49F2N5O11S2/c49-48(50)65-41-17-10-36(30-42(41)66-48)47(20-21-47)46(59)54-43-3-1-2-40(53-43)34-6-13-38(14-7-34)67(60)52-22-25-62-26-27-63-28-29-64-37-11-4-32(5-12-37)33-18-23-55(24-19-33)68(61)39-15-8-35(9-16-39)45(58)51-31-44(56)57/h1-17,30,33,52H,18-29,31H2,(H,51,58)(H,56,57)(H,53,54,59). The highest BCUT2D eigenvalue weighted by Gasteiger charge is 2.53.